The van der Waals surface area contributed by atoms with Crippen LogP contribution in [0, 0.1) is 5.92 Å². The number of aromatic nitrogens is 1. The zero-order valence-corrected chi connectivity index (χ0v) is 16.7. The summed E-state index contributed by atoms with van der Waals surface area (Å²) in [5, 5.41) is 5.16. The van der Waals surface area contributed by atoms with Gasteiger partial charge in [-0.1, -0.05) is 41.9 Å². The lowest BCUT2D eigenvalue weighted by molar-refractivity contribution is -0.126. The van der Waals surface area contributed by atoms with E-state index in [1.807, 2.05) is 30.5 Å². The Morgan fingerprint density at radius 3 is 2.79 bits per heavy atom. The molecule has 0 spiro atoms. The summed E-state index contributed by atoms with van der Waals surface area (Å²) in [6.07, 6.45) is 4.73. The summed E-state index contributed by atoms with van der Waals surface area (Å²) in [6, 6.07) is 16.3. The zero-order chi connectivity index (χ0) is 19.3. The van der Waals surface area contributed by atoms with Crippen LogP contribution >= 0.6 is 11.6 Å². The average Bonchev–Trinajstić information content (AvgIpc) is 3.12. The van der Waals surface area contributed by atoms with Gasteiger partial charge in [0.25, 0.3) is 0 Å². The van der Waals surface area contributed by atoms with Crippen LogP contribution in [0.3, 0.4) is 0 Å². The fourth-order valence-electron chi connectivity index (χ4n) is 4.05. The Hall–Kier alpha value is -2.30. The van der Waals surface area contributed by atoms with Gasteiger partial charge in [-0.2, -0.15) is 0 Å². The summed E-state index contributed by atoms with van der Waals surface area (Å²) in [7, 11) is 0. The third kappa shape index (κ3) is 4.57. The third-order valence-electron chi connectivity index (χ3n) is 5.62. The number of fused-ring (bicyclic) bond motifs is 1. The molecule has 1 aliphatic heterocycles. The molecule has 1 aromatic heterocycles. The molecule has 146 valence electrons. The molecule has 0 bridgehead atoms. The summed E-state index contributed by atoms with van der Waals surface area (Å²) in [4.78, 5) is 18.2. The van der Waals surface area contributed by atoms with Crippen molar-refractivity contribution in [3.8, 4) is 0 Å². The maximum atomic E-state index is 12.5. The van der Waals surface area contributed by atoms with Gasteiger partial charge in [0.05, 0.1) is 0 Å². The predicted molar refractivity (Wildman–Crippen MR) is 114 cm³/mol. The number of halogens is 1. The van der Waals surface area contributed by atoms with E-state index in [4.69, 9.17) is 11.6 Å². The van der Waals surface area contributed by atoms with Gasteiger partial charge in [0.1, 0.15) is 0 Å². The molecule has 4 rings (SSSR count). The van der Waals surface area contributed by atoms with E-state index in [1.165, 1.54) is 16.5 Å². The van der Waals surface area contributed by atoms with E-state index < -0.39 is 0 Å². The molecule has 1 saturated heterocycles. The number of piperidine rings is 1. The number of benzene rings is 2. The molecule has 2 heterocycles. The molecule has 1 amide bonds. The fourth-order valence-corrected chi connectivity index (χ4v) is 4.26. The standard InChI is InChI=1S/C23H26ClN3O/c24-20-5-3-4-17(14-20)16-27-12-9-18(10-13-27)23(28)25-11-8-19-15-26-22-7-2-1-6-21(19)22/h1-7,14-15,18,26H,8-13,16H2,(H,25,28). The molecule has 2 N–H and O–H groups in total. The largest absolute Gasteiger partial charge is 0.361 e. The number of para-hydroxylation sites is 1. The highest BCUT2D eigenvalue weighted by molar-refractivity contribution is 6.30. The molecule has 2 aromatic carbocycles. The van der Waals surface area contributed by atoms with Crippen LogP contribution in [0.25, 0.3) is 10.9 Å². The molecule has 0 radical (unpaired) electrons. The van der Waals surface area contributed by atoms with E-state index >= 15 is 0 Å². The summed E-state index contributed by atoms with van der Waals surface area (Å²) in [5.41, 5.74) is 3.64. The molecule has 1 aliphatic rings. The Morgan fingerprint density at radius 1 is 1.14 bits per heavy atom. The first-order valence-corrected chi connectivity index (χ1v) is 10.4. The molecule has 4 nitrogen and oxygen atoms in total. The summed E-state index contributed by atoms with van der Waals surface area (Å²) in [5.74, 6) is 0.320. The van der Waals surface area contributed by atoms with Crippen molar-refractivity contribution in [1.82, 2.24) is 15.2 Å². The van der Waals surface area contributed by atoms with Crippen LogP contribution in [0.2, 0.25) is 5.02 Å². The van der Waals surface area contributed by atoms with Gasteiger partial charge in [0, 0.05) is 41.1 Å². The number of amides is 1. The number of carbonyl (C=O) groups excluding carboxylic acids is 1. The minimum absolute atomic E-state index is 0.124. The second kappa shape index (κ2) is 8.80. The minimum atomic E-state index is 0.124. The van der Waals surface area contributed by atoms with Gasteiger partial charge in [-0.25, -0.2) is 0 Å². The predicted octanol–water partition coefficient (Wildman–Crippen LogP) is 4.39. The second-order valence-electron chi connectivity index (χ2n) is 7.58. The van der Waals surface area contributed by atoms with Gasteiger partial charge in [-0.15, -0.1) is 0 Å². The van der Waals surface area contributed by atoms with Crippen molar-refractivity contribution in [2.24, 2.45) is 5.92 Å². The smallest absolute Gasteiger partial charge is 0.223 e. The van der Waals surface area contributed by atoms with E-state index in [1.54, 1.807) is 0 Å². The number of hydrogen-bond acceptors (Lipinski definition) is 2. The lowest BCUT2D eigenvalue weighted by Gasteiger charge is -2.31. The number of aromatic amines is 1. The fraction of sp³-hybridized carbons (Fsp3) is 0.348. The monoisotopic (exact) mass is 395 g/mol. The van der Waals surface area contributed by atoms with Crippen LogP contribution in [0.5, 0.6) is 0 Å². The normalized spacial score (nSPS) is 15.8. The zero-order valence-electron chi connectivity index (χ0n) is 16.0. The van der Waals surface area contributed by atoms with Crippen LogP contribution in [0.15, 0.2) is 54.7 Å². The highest BCUT2D eigenvalue weighted by Crippen LogP contribution is 2.21. The van der Waals surface area contributed by atoms with E-state index in [0.717, 1.165) is 49.4 Å². The minimum Gasteiger partial charge on any atom is -0.361 e. The molecule has 5 heteroatoms. The number of nitrogens with one attached hydrogen (secondary N) is 2. The van der Waals surface area contributed by atoms with Gasteiger partial charge < -0.3 is 10.3 Å². The molecule has 28 heavy (non-hydrogen) atoms. The highest BCUT2D eigenvalue weighted by Gasteiger charge is 2.24. The van der Waals surface area contributed by atoms with E-state index in [9.17, 15) is 4.79 Å². The van der Waals surface area contributed by atoms with Crippen molar-refractivity contribution in [2.75, 3.05) is 19.6 Å². The van der Waals surface area contributed by atoms with Gasteiger partial charge in [-0.3, -0.25) is 9.69 Å². The number of hydrogen-bond donors (Lipinski definition) is 2. The van der Waals surface area contributed by atoms with Gasteiger partial charge in [0.15, 0.2) is 0 Å². The van der Waals surface area contributed by atoms with Gasteiger partial charge >= 0.3 is 0 Å². The number of H-pyrrole nitrogens is 1. The highest BCUT2D eigenvalue weighted by atomic mass is 35.5. The van der Waals surface area contributed by atoms with Crippen LogP contribution in [-0.4, -0.2) is 35.4 Å². The molecular formula is C23H26ClN3O. The molecular weight excluding hydrogens is 370 g/mol. The average molecular weight is 396 g/mol. The molecule has 0 unspecified atom stereocenters. The first kappa shape index (κ1) is 19.0. The first-order chi connectivity index (χ1) is 13.7. The third-order valence-corrected chi connectivity index (χ3v) is 5.86. The van der Waals surface area contributed by atoms with Gasteiger partial charge in [-0.05, 0) is 61.7 Å². The van der Waals surface area contributed by atoms with Crippen molar-refractivity contribution in [2.45, 2.75) is 25.8 Å². The van der Waals surface area contributed by atoms with Crippen molar-refractivity contribution >= 4 is 28.4 Å². The summed E-state index contributed by atoms with van der Waals surface area (Å²) < 4.78 is 0. The van der Waals surface area contributed by atoms with E-state index in [-0.39, 0.29) is 11.8 Å². The van der Waals surface area contributed by atoms with Crippen LogP contribution in [-0.2, 0) is 17.8 Å². The van der Waals surface area contributed by atoms with Crippen molar-refractivity contribution < 1.29 is 4.79 Å². The SMILES string of the molecule is O=C(NCCc1c[nH]c2ccccc12)C1CCN(Cc2cccc(Cl)c2)CC1. The van der Waals surface area contributed by atoms with E-state index in [0.29, 0.717) is 6.54 Å². The molecule has 1 fully saturated rings. The van der Waals surface area contributed by atoms with Crippen molar-refractivity contribution in [3.63, 3.8) is 0 Å². The van der Waals surface area contributed by atoms with E-state index in [2.05, 4.69) is 39.5 Å². The van der Waals surface area contributed by atoms with Crippen molar-refractivity contribution in [1.29, 1.82) is 0 Å². The summed E-state index contributed by atoms with van der Waals surface area (Å²) in [6.45, 7) is 3.49. The molecule has 0 saturated carbocycles. The Balaban J connectivity index is 1.22. The van der Waals surface area contributed by atoms with Crippen LogP contribution < -0.4 is 5.32 Å². The lowest BCUT2D eigenvalue weighted by atomic mass is 9.95. The number of nitrogens with zero attached hydrogens (tertiary/aromatic N) is 1. The topological polar surface area (TPSA) is 48.1 Å². The molecule has 0 aliphatic carbocycles. The second-order valence-corrected chi connectivity index (χ2v) is 8.02. The maximum Gasteiger partial charge on any atom is 0.223 e. The van der Waals surface area contributed by atoms with Crippen LogP contribution in [0.1, 0.15) is 24.0 Å². The van der Waals surface area contributed by atoms with Crippen molar-refractivity contribution in [3.05, 3.63) is 70.9 Å². The Morgan fingerprint density at radius 2 is 1.96 bits per heavy atom. The Kier molecular flexibility index (Phi) is 5.98. The lowest BCUT2D eigenvalue weighted by Crippen LogP contribution is -2.40. The quantitative estimate of drug-likeness (QED) is 0.650. The van der Waals surface area contributed by atoms with Gasteiger partial charge in [0.2, 0.25) is 5.91 Å². The number of likely N-dealkylation sites (tertiary alicyclic amines) is 1. The molecule has 0 atom stereocenters. The number of rotatable bonds is 6. The Bertz CT molecular complexity index is 944. The summed E-state index contributed by atoms with van der Waals surface area (Å²) >= 11 is 6.07. The maximum absolute atomic E-state index is 12.5. The first-order valence-electron chi connectivity index (χ1n) is 9.98. The Labute approximate surface area is 170 Å². The number of carbonyl (C=O) groups is 1. The van der Waals surface area contributed by atoms with Crippen LogP contribution in [0.4, 0.5) is 0 Å². The molecule has 3 aromatic rings.